The first-order chi connectivity index (χ1) is 13.4. The molecule has 3 rings (SSSR count). The Labute approximate surface area is 165 Å². The summed E-state index contributed by atoms with van der Waals surface area (Å²) in [7, 11) is 0. The van der Waals surface area contributed by atoms with Gasteiger partial charge in [0.25, 0.3) is 11.6 Å². The zero-order valence-electron chi connectivity index (χ0n) is 14.8. The van der Waals surface area contributed by atoms with Crippen molar-refractivity contribution in [3.8, 4) is 0 Å². The summed E-state index contributed by atoms with van der Waals surface area (Å²) >= 11 is 5.16. The van der Waals surface area contributed by atoms with Crippen molar-refractivity contribution in [3.63, 3.8) is 0 Å². The highest BCUT2D eigenvalue weighted by atomic mass is 32.1. The molecule has 0 bridgehead atoms. The van der Waals surface area contributed by atoms with E-state index >= 15 is 0 Å². The first-order valence-corrected chi connectivity index (χ1v) is 8.82. The molecule has 1 aliphatic heterocycles. The Morgan fingerprint density at radius 3 is 2.39 bits per heavy atom. The van der Waals surface area contributed by atoms with Gasteiger partial charge in [0.1, 0.15) is 5.54 Å². The van der Waals surface area contributed by atoms with Gasteiger partial charge in [-0.3, -0.25) is 20.3 Å². The topological polar surface area (TPSA) is 117 Å². The fraction of sp³-hybridized carbons (Fsp3) is 0.167. The molecule has 144 valence electrons. The minimum Gasteiger partial charge on any atom is -0.331 e. The van der Waals surface area contributed by atoms with Crippen LogP contribution in [0.25, 0.3) is 0 Å². The van der Waals surface area contributed by atoms with Gasteiger partial charge in [0.2, 0.25) is 0 Å². The van der Waals surface area contributed by atoms with Crippen LogP contribution in [0.5, 0.6) is 0 Å². The zero-order valence-corrected chi connectivity index (χ0v) is 15.7. The van der Waals surface area contributed by atoms with Gasteiger partial charge in [-0.05, 0) is 36.3 Å². The van der Waals surface area contributed by atoms with Crippen LogP contribution in [0.15, 0.2) is 54.6 Å². The summed E-state index contributed by atoms with van der Waals surface area (Å²) in [6, 6.07) is 13.9. The molecular formula is C18H17N5O4S. The number of imide groups is 1. The molecule has 0 spiro atoms. The van der Waals surface area contributed by atoms with Crippen LogP contribution in [0.2, 0.25) is 0 Å². The van der Waals surface area contributed by atoms with Crippen molar-refractivity contribution >= 4 is 40.6 Å². The predicted molar refractivity (Wildman–Crippen MR) is 106 cm³/mol. The summed E-state index contributed by atoms with van der Waals surface area (Å²) in [5, 5.41) is 17.0. The number of hydrazine groups is 1. The molecule has 28 heavy (non-hydrogen) atoms. The Balaban J connectivity index is 1.73. The number of anilines is 1. The average Bonchev–Trinajstić information content (AvgIpc) is 2.94. The third-order valence-corrected chi connectivity index (χ3v) is 4.63. The van der Waals surface area contributed by atoms with Crippen LogP contribution in [0, 0.1) is 10.1 Å². The summed E-state index contributed by atoms with van der Waals surface area (Å²) < 4.78 is 0. The van der Waals surface area contributed by atoms with Gasteiger partial charge in [-0.25, -0.2) is 4.79 Å². The number of nitro groups is 1. The molecule has 0 unspecified atom stereocenters. The van der Waals surface area contributed by atoms with Crippen LogP contribution in [0.1, 0.15) is 18.9 Å². The van der Waals surface area contributed by atoms with Crippen molar-refractivity contribution in [2.75, 3.05) is 5.32 Å². The maximum atomic E-state index is 13.0. The highest BCUT2D eigenvalue weighted by Crippen LogP contribution is 2.31. The molecule has 10 heteroatoms. The number of carbonyl (C=O) groups excluding carboxylic acids is 2. The van der Waals surface area contributed by atoms with Crippen molar-refractivity contribution in [2.45, 2.75) is 18.9 Å². The van der Waals surface area contributed by atoms with E-state index in [1.54, 1.807) is 24.3 Å². The molecular weight excluding hydrogens is 382 g/mol. The Morgan fingerprint density at radius 1 is 1.18 bits per heavy atom. The number of amides is 3. The van der Waals surface area contributed by atoms with Crippen LogP contribution < -0.4 is 16.1 Å². The van der Waals surface area contributed by atoms with Crippen molar-refractivity contribution in [1.82, 2.24) is 15.8 Å². The molecule has 9 nitrogen and oxygen atoms in total. The number of thiocarbonyl (C=S) groups is 1. The lowest BCUT2D eigenvalue weighted by Crippen LogP contribution is -2.49. The van der Waals surface area contributed by atoms with Crippen LogP contribution in [0.4, 0.5) is 16.2 Å². The molecule has 2 aromatic carbocycles. The number of nitrogens with zero attached hydrogens (tertiary/aromatic N) is 2. The Bertz CT molecular complexity index is 935. The lowest BCUT2D eigenvalue weighted by molar-refractivity contribution is -0.384. The number of benzene rings is 2. The molecule has 0 saturated carbocycles. The summed E-state index contributed by atoms with van der Waals surface area (Å²) in [6.45, 7) is 1.81. The molecule has 1 fully saturated rings. The normalized spacial score (nSPS) is 18.5. The van der Waals surface area contributed by atoms with E-state index in [4.69, 9.17) is 12.2 Å². The second kappa shape index (κ2) is 7.61. The maximum Gasteiger partial charge on any atom is 0.344 e. The average molecular weight is 399 g/mol. The monoisotopic (exact) mass is 399 g/mol. The van der Waals surface area contributed by atoms with Gasteiger partial charge in [0.05, 0.1) is 4.92 Å². The van der Waals surface area contributed by atoms with Gasteiger partial charge >= 0.3 is 6.03 Å². The molecule has 0 aliphatic carbocycles. The standard InChI is InChI=1S/C18H17N5O4S/c1-2-18(12-6-4-3-5-7-12)15(24)22(17(25)20-18)21-16(28)19-13-8-10-14(11-9-13)23(26)27/h3-11H,2H2,1H3,(H,20,25)(H2,19,21,28)/t18-/m0/s1. The lowest BCUT2D eigenvalue weighted by atomic mass is 9.87. The van der Waals surface area contributed by atoms with Crippen LogP contribution in [0.3, 0.4) is 0 Å². The number of hydrogen-bond donors (Lipinski definition) is 3. The van der Waals surface area contributed by atoms with Gasteiger partial charge in [-0.2, -0.15) is 5.01 Å². The Morgan fingerprint density at radius 2 is 1.82 bits per heavy atom. The number of non-ortho nitro benzene ring substituents is 1. The number of nitrogens with one attached hydrogen (secondary N) is 3. The van der Waals surface area contributed by atoms with Crippen molar-refractivity contribution in [2.24, 2.45) is 0 Å². The SMILES string of the molecule is CC[C@@]1(c2ccccc2)NC(=O)N(NC(=S)Nc2ccc([N+](=O)[O-])cc2)C1=O. The highest BCUT2D eigenvalue weighted by molar-refractivity contribution is 7.80. The minimum atomic E-state index is -1.17. The largest absolute Gasteiger partial charge is 0.344 e. The van der Waals surface area contributed by atoms with Crippen molar-refractivity contribution < 1.29 is 14.5 Å². The summed E-state index contributed by atoms with van der Waals surface area (Å²) in [6.07, 6.45) is 0.363. The summed E-state index contributed by atoms with van der Waals surface area (Å²) in [5.41, 5.74) is 2.50. The number of hydrogen-bond acceptors (Lipinski definition) is 5. The lowest BCUT2D eigenvalue weighted by Gasteiger charge is -2.25. The van der Waals surface area contributed by atoms with E-state index in [9.17, 15) is 19.7 Å². The second-order valence-electron chi connectivity index (χ2n) is 6.07. The van der Waals surface area contributed by atoms with E-state index in [-0.39, 0.29) is 10.8 Å². The van der Waals surface area contributed by atoms with Crippen molar-refractivity contribution in [1.29, 1.82) is 0 Å². The first kappa shape index (κ1) is 19.2. The molecule has 3 amide bonds. The summed E-state index contributed by atoms with van der Waals surface area (Å²) in [5.74, 6) is -0.473. The Hall–Kier alpha value is -3.53. The van der Waals surface area contributed by atoms with Gasteiger partial charge in [0, 0.05) is 17.8 Å². The molecule has 1 atom stereocenters. The first-order valence-electron chi connectivity index (χ1n) is 8.41. The van der Waals surface area contributed by atoms with Crippen LogP contribution >= 0.6 is 12.2 Å². The number of nitro benzene ring substituents is 1. The molecule has 2 aromatic rings. The Kier molecular flexibility index (Phi) is 5.23. The van der Waals surface area contributed by atoms with E-state index in [2.05, 4.69) is 16.1 Å². The second-order valence-corrected chi connectivity index (χ2v) is 6.47. The van der Waals surface area contributed by atoms with E-state index in [0.29, 0.717) is 17.7 Å². The number of rotatable bonds is 5. The summed E-state index contributed by atoms with van der Waals surface area (Å²) in [4.78, 5) is 35.6. The molecule has 0 radical (unpaired) electrons. The minimum absolute atomic E-state index is 0.00248. The van der Waals surface area contributed by atoms with E-state index in [0.717, 1.165) is 5.01 Å². The van der Waals surface area contributed by atoms with Gasteiger partial charge < -0.3 is 10.6 Å². The van der Waals surface area contributed by atoms with Crippen LogP contribution in [-0.2, 0) is 10.3 Å². The highest BCUT2D eigenvalue weighted by Gasteiger charge is 2.51. The smallest absolute Gasteiger partial charge is 0.331 e. The van der Waals surface area contributed by atoms with Gasteiger partial charge in [0.15, 0.2) is 5.11 Å². The quantitative estimate of drug-likeness (QED) is 0.306. The third kappa shape index (κ3) is 3.49. The van der Waals surface area contributed by atoms with Crippen molar-refractivity contribution in [3.05, 3.63) is 70.3 Å². The number of carbonyl (C=O) groups is 2. The molecule has 1 aliphatic rings. The molecule has 0 aromatic heterocycles. The predicted octanol–water partition coefficient (Wildman–Crippen LogP) is 2.65. The zero-order chi connectivity index (χ0) is 20.3. The molecule has 1 saturated heterocycles. The fourth-order valence-corrected chi connectivity index (χ4v) is 3.17. The van der Waals surface area contributed by atoms with Gasteiger partial charge in [-0.15, -0.1) is 0 Å². The maximum absolute atomic E-state index is 13.0. The van der Waals surface area contributed by atoms with E-state index < -0.39 is 22.4 Å². The molecule has 3 N–H and O–H groups in total. The number of urea groups is 1. The van der Waals surface area contributed by atoms with Crippen LogP contribution in [-0.4, -0.2) is 27.0 Å². The molecule has 1 heterocycles. The van der Waals surface area contributed by atoms with E-state index in [1.165, 1.54) is 24.3 Å². The fourth-order valence-electron chi connectivity index (χ4n) is 2.97. The van der Waals surface area contributed by atoms with E-state index in [1.807, 2.05) is 13.0 Å². The third-order valence-electron chi connectivity index (χ3n) is 4.44. The van der Waals surface area contributed by atoms with Gasteiger partial charge in [-0.1, -0.05) is 37.3 Å².